The highest BCUT2D eigenvalue weighted by Crippen LogP contribution is 2.37. The fraction of sp³-hybridized carbons (Fsp3) is 0.345. The first kappa shape index (κ1) is 17.6. The van der Waals surface area contributed by atoms with Gasteiger partial charge < -0.3 is 15.1 Å². The van der Waals surface area contributed by atoms with Gasteiger partial charge in [-0.3, -0.25) is 9.69 Å². The Kier molecular flexibility index (Phi) is 4.84. The number of likely N-dealkylation sites (N-methyl/N-ethyl adjacent to an activating group) is 1. The Morgan fingerprint density at radius 2 is 1.90 bits per heavy atom. The minimum Gasteiger partial charge on any atom is -0.349 e. The van der Waals surface area contributed by atoms with Gasteiger partial charge in [-0.05, 0) is 61.9 Å². The Labute approximate surface area is 237 Å². The summed E-state index contributed by atoms with van der Waals surface area (Å²) in [5.74, 6) is -1.06. The summed E-state index contributed by atoms with van der Waals surface area (Å²) < 4.78 is 96.4. The first-order chi connectivity index (χ1) is 22.0. The average molecular weight is 540 g/mol. The number of carbonyl (C=O) groups is 1. The maximum Gasteiger partial charge on any atom is 0.255 e. The normalized spacial score (nSPS) is 26.8. The Hall–Kier alpha value is -3.89. The number of benzene rings is 2. The van der Waals surface area contributed by atoms with Crippen LogP contribution in [0.15, 0.2) is 60.9 Å². The zero-order valence-corrected chi connectivity index (χ0v) is 21.0. The van der Waals surface area contributed by atoms with Gasteiger partial charge in [0.2, 0.25) is 0 Å². The van der Waals surface area contributed by atoms with Crippen molar-refractivity contribution in [2.24, 2.45) is 0 Å². The Morgan fingerprint density at radius 3 is 2.69 bits per heavy atom. The Bertz CT molecular complexity index is 1810. The van der Waals surface area contributed by atoms with Crippen molar-refractivity contribution in [3.63, 3.8) is 0 Å². The molecule has 4 aromatic rings. The van der Waals surface area contributed by atoms with Gasteiger partial charge in [0, 0.05) is 67.4 Å². The van der Waals surface area contributed by atoms with Crippen molar-refractivity contribution in [1.82, 2.24) is 24.4 Å². The number of amides is 1. The second-order valence-electron chi connectivity index (χ2n) is 9.37. The molecule has 1 unspecified atom stereocenters. The van der Waals surface area contributed by atoms with Gasteiger partial charge in [-0.25, -0.2) is 18.3 Å². The lowest BCUT2D eigenvalue weighted by Gasteiger charge is -2.32. The van der Waals surface area contributed by atoms with Crippen LogP contribution < -0.4 is 10.2 Å². The van der Waals surface area contributed by atoms with Gasteiger partial charge in [-0.1, -0.05) is 12.1 Å². The van der Waals surface area contributed by atoms with E-state index < -0.39 is 56.1 Å². The monoisotopic (exact) mass is 539 g/mol. The molecule has 0 aliphatic carbocycles. The molecule has 0 radical (unpaired) electrons. The second-order valence-corrected chi connectivity index (χ2v) is 9.37. The van der Waals surface area contributed by atoms with Crippen LogP contribution in [0.5, 0.6) is 0 Å². The van der Waals surface area contributed by atoms with Crippen LogP contribution in [0.1, 0.15) is 51.3 Å². The molecule has 4 heterocycles. The number of fused-ring (bicyclic) bond motifs is 1. The number of anilines is 2. The number of nitrogens with one attached hydrogen (secondary N) is 1. The summed E-state index contributed by atoms with van der Waals surface area (Å²) in [6.07, 6.45) is 4.43. The Morgan fingerprint density at radius 1 is 1.10 bits per heavy atom. The van der Waals surface area contributed by atoms with Gasteiger partial charge in [0.15, 0.2) is 5.65 Å². The molecule has 10 heteroatoms. The smallest absolute Gasteiger partial charge is 0.255 e. The first-order valence-electron chi connectivity index (χ1n) is 16.4. The summed E-state index contributed by atoms with van der Waals surface area (Å²) >= 11 is 0. The topological polar surface area (TPSA) is 69.0 Å². The third-order valence-electron chi connectivity index (χ3n) is 6.73. The lowest BCUT2D eigenvalue weighted by Crippen LogP contribution is -2.43. The SMILES string of the molecule is [2H]C1([2H])N(C)C([2H])([2H])C([2H])([2H])N(Cc2ccc(C(=O)Nc3cnn4ccc(N5CCCC5c5cc(F)ccc5F)nc34)cc2)C1([2H])[2H]. The van der Waals surface area contributed by atoms with Gasteiger partial charge in [0.05, 0.1) is 12.2 Å². The van der Waals surface area contributed by atoms with Gasteiger partial charge in [0.1, 0.15) is 23.1 Å². The lowest BCUT2D eigenvalue weighted by molar-refractivity contribution is 0.102. The third-order valence-corrected chi connectivity index (χ3v) is 6.73. The number of halogens is 2. The predicted molar refractivity (Wildman–Crippen MR) is 146 cm³/mol. The highest BCUT2D eigenvalue weighted by molar-refractivity contribution is 6.06. The van der Waals surface area contributed by atoms with Crippen molar-refractivity contribution in [2.75, 3.05) is 49.8 Å². The van der Waals surface area contributed by atoms with Crippen LogP contribution in [0.25, 0.3) is 5.65 Å². The molecule has 39 heavy (non-hydrogen) atoms. The van der Waals surface area contributed by atoms with E-state index in [0.717, 1.165) is 25.6 Å². The van der Waals surface area contributed by atoms with Crippen LogP contribution in [0.3, 0.4) is 0 Å². The fourth-order valence-electron chi connectivity index (χ4n) is 4.79. The van der Waals surface area contributed by atoms with E-state index >= 15 is 0 Å². The van der Waals surface area contributed by atoms with E-state index in [-0.39, 0.29) is 16.8 Å². The first-order valence-corrected chi connectivity index (χ1v) is 12.4. The van der Waals surface area contributed by atoms with E-state index in [9.17, 15) is 13.6 Å². The van der Waals surface area contributed by atoms with Crippen LogP contribution in [0.4, 0.5) is 20.3 Å². The molecule has 2 aromatic heterocycles. The molecule has 2 aliphatic rings. The number of hydrogen-bond acceptors (Lipinski definition) is 6. The van der Waals surface area contributed by atoms with Gasteiger partial charge >= 0.3 is 0 Å². The van der Waals surface area contributed by atoms with Crippen molar-refractivity contribution in [1.29, 1.82) is 0 Å². The van der Waals surface area contributed by atoms with E-state index in [0.29, 0.717) is 39.8 Å². The van der Waals surface area contributed by atoms with Gasteiger partial charge in [-0.2, -0.15) is 5.10 Å². The van der Waals surface area contributed by atoms with Crippen LogP contribution in [0.2, 0.25) is 0 Å². The maximum atomic E-state index is 14.6. The van der Waals surface area contributed by atoms with Crippen molar-refractivity contribution >= 4 is 23.1 Å². The van der Waals surface area contributed by atoms with E-state index in [2.05, 4.69) is 15.4 Å². The molecule has 0 spiro atoms. The highest BCUT2D eigenvalue weighted by Gasteiger charge is 2.30. The summed E-state index contributed by atoms with van der Waals surface area (Å²) in [6.45, 7) is -11.5. The number of hydrogen-bond donors (Lipinski definition) is 1. The fourth-order valence-corrected chi connectivity index (χ4v) is 4.79. The molecule has 1 atom stereocenters. The van der Waals surface area contributed by atoms with Crippen molar-refractivity contribution in [3.05, 3.63) is 89.2 Å². The number of rotatable bonds is 6. The summed E-state index contributed by atoms with van der Waals surface area (Å²) in [7, 11) is 0.998. The number of nitrogens with zero attached hydrogens (tertiary/aromatic N) is 6. The summed E-state index contributed by atoms with van der Waals surface area (Å²) in [5.41, 5.74) is 1.37. The summed E-state index contributed by atoms with van der Waals surface area (Å²) in [6, 6.07) is 10.4. The standard InChI is InChI=1S/C29H31F2N7O/c1-35-13-15-36(16-14-35)19-20-4-6-21(7-5-20)29(39)33-25-18-32-38-12-10-27(34-28(25)38)37-11-2-3-26(37)23-17-22(30)8-9-24(23)31/h4-10,12,17-18,26H,2-3,11,13-16,19H2,1H3,(H,33,39)/i13D2,14D2,15D2,16D2. The molecule has 0 saturated carbocycles. The van der Waals surface area contributed by atoms with Crippen LogP contribution >= 0.6 is 0 Å². The lowest BCUT2D eigenvalue weighted by atomic mass is 10.0. The number of carbonyl (C=O) groups excluding carboxylic acids is 1. The molecule has 2 fully saturated rings. The quantitative estimate of drug-likeness (QED) is 0.393. The van der Waals surface area contributed by atoms with E-state index in [1.54, 1.807) is 12.3 Å². The second kappa shape index (κ2) is 10.7. The molecule has 1 amide bonds. The maximum absolute atomic E-state index is 14.6. The van der Waals surface area contributed by atoms with E-state index in [4.69, 9.17) is 11.0 Å². The molecule has 8 nitrogen and oxygen atoms in total. The minimum absolute atomic E-state index is 0.195. The highest BCUT2D eigenvalue weighted by atomic mass is 19.1. The zero-order chi connectivity index (χ0) is 34.1. The molecule has 1 N–H and O–H groups in total. The average Bonchev–Trinajstić information content (AvgIpc) is 3.67. The minimum atomic E-state index is -2.91. The zero-order valence-electron chi connectivity index (χ0n) is 29.0. The molecular weight excluding hydrogens is 500 g/mol. The van der Waals surface area contributed by atoms with Gasteiger partial charge in [0.25, 0.3) is 5.91 Å². The molecular formula is C29H31F2N7O. The molecule has 2 aliphatic heterocycles. The van der Waals surface area contributed by atoms with E-state index in [1.165, 1.54) is 41.0 Å². The molecule has 202 valence electrons. The summed E-state index contributed by atoms with van der Waals surface area (Å²) in [5, 5.41) is 7.01. The molecule has 2 aromatic carbocycles. The Balaban J connectivity index is 1.21. The summed E-state index contributed by atoms with van der Waals surface area (Å²) in [4.78, 5) is 20.7. The van der Waals surface area contributed by atoms with Crippen LogP contribution in [-0.2, 0) is 6.54 Å². The van der Waals surface area contributed by atoms with E-state index in [1.807, 2.05) is 4.90 Å². The molecule has 2 saturated heterocycles. The van der Waals surface area contributed by atoms with Gasteiger partial charge in [-0.15, -0.1) is 0 Å². The largest absolute Gasteiger partial charge is 0.349 e. The number of aromatic nitrogens is 3. The predicted octanol–water partition coefficient (Wildman–Crippen LogP) is 4.35. The van der Waals surface area contributed by atoms with Crippen LogP contribution in [-0.4, -0.2) is 69.9 Å². The van der Waals surface area contributed by atoms with Crippen molar-refractivity contribution < 1.29 is 24.5 Å². The third kappa shape index (κ3) is 5.35. The van der Waals surface area contributed by atoms with Crippen molar-refractivity contribution in [2.45, 2.75) is 25.4 Å². The van der Waals surface area contributed by atoms with Crippen LogP contribution in [0, 0.1) is 11.6 Å². The molecule has 0 bridgehead atoms. The van der Waals surface area contributed by atoms with Crippen molar-refractivity contribution in [3.8, 4) is 0 Å². The number of piperazine rings is 1. The molecule has 6 rings (SSSR count).